The van der Waals surface area contributed by atoms with Crippen molar-refractivity contribution in [3.8, 4) is 0 Å². The van der Waals surface area contributed by atoms with Gasteiger partial charge in [-0.05, 0) is 77.3 Å². The maximum Gasteiger partial charge on any atom is 0.242 e. The number of aromatic nitrogens is 2. The van der Waals surface area contributed by atoms with Crippen LogP contribution in [0.1, 0.15) is 304 Å². The van der Waals surface area contributed by atoms with Crippen molar-refractivity contribution in [2.45, 2.75) is 341 Å². The third kappa shape index (κ3) is 51.5. The standard InChI is InChI=1S/C67H132N6O6S2/c1-5-9-13-17-21-23-25-27-31-35-44-63(76)58-73(59-64(77)45-36-32-28-26-24-22-18-14-10-6-2)51-39-40-54-80-81-55-47-65(67(79)69-48-41-52-71-53-49-68-60-71)70-66(78)46-37-38-50-72(56-61(74)42-33-29-19-15-11-7-3)57-62(75)43-34-30-20-16-12-8-4/h49,53,60-65,74-77H,5-48,50-52,54-59H2,1-4H3,(H,69,79)(H,70,78). The highest BCUT2D eigenvalue weighted by Crippen LogP contribution is 2.25. The lowest BCUT2D eigenvalue weighted by atomic mass is 10.0. The molecule has 5 unspecified atom stereocenters. The van der Waals surface area contributed by atoms with E-state index in [2.05, 4.69) is 53.1 Å². The van der Waals surface area contributed by atoms with Crippen LogP contribution in [0.25, 0.3) is 0 Å². The van der Waals surface area contributed by atoms with Gasteiger partial charge in [-0.25, -0.2) is 4.98 Å². The van der Waals surface area contributed by atoms with Crippen LogP contribution in [0.5, 0.6) is 0 Å². The highest BCUT2D eigenvalue weighted by molar-refractivity contribution is 8.76. The number of hydrogen-bond acceptors (Lipinski definition) is 11. The smallest absolute Gasteiger partial charge is 0.242 e. The number of imidazole rings is 1. The first kappa shape index (κ1) is 77.6. The molecule has 2 amide bonds. The van der Waals surface area contributed by atoms with Gasteiger partial charge in [-0.2, -0.15) is 0 Å². The Kier molecular flexibility index (Phi) is 56.5. The summed E-state index contributed by atoms with van der Waals surface area (Å²) >= 11 is 0. The zero-order valence-electron chi connectivity index (χ0n) is 53.3. The predicted molar refractivity (Wildman–Crippen MR) is 350 cm³/mol. The molecule has 14 heteroatoms. The minimum atomic E-state index is -0.614. The van der Waals surface area contributed by atoms with Gasteiger partial charge in [-0.3, -0.25) is 19.4 Å². The van der Waals surface area contributed by atoms with E-state index >= 15 is 0 Å². The fourth-order valence-corrected chi connectivity index (χ4v) is 13.3. The van der Waals surface area contributed by atoms with Gasteiger partial charge in [0.2, 0.25) is 11.8 Å². The maximum atomic E-state index is 13.6. The molecule has 1 aromatic rings. The molecule has 0 radical (unpaired) electrons. The van der Waals surface area contributed by atoms with E-state index in [0.29, 0.717) is 58.5 Å². The lowest BCUT2D eigenvalue weighted by Crippen LogP contribution is -2.47. The molecule has 0 bridgehead atoms. The van der Waals surface area contributed by atoms with Crippen molar-refractivity contribution >= 4 is 33.4 Å². The van der Waals surface area contributed by atoms with Crippen LogP contribution in [0.2, 0.25) is 0 Å². The fraction of sp³-hybridized carbons (Fsp3) is 0.925. The number of carbonyl (C=O) groups excluding carboxylic acids is 2. The molecule has 5 atom stereocenters. The summed E-state index contributed by atoms with van der Waals surface area (Å²) in [4.78, 5) is 35.8. The molecule has 6 N–H and O–H groups in total. The normalized spacial score (nSPS) is 13.8. The molecule has 0 aliphatic rings. The number of aliphatic hydroxyl groups is 4. The van der Waals surface area contributed by atoms with Crippen molar-refractivity contribution in [3.05, 3.63) is 18.7 Å². The van der Waals surface area contributed by atoms with Crippen LogP contribution in [0.15, 0.2) is 18.7 Å². The van der Waals surface area contributed by atoms with Gasteiger partial charge in [0.25, 0.3) is 0 Å². The summed E-state index contributed by atoms with van der Waals surface area (Å²) in [6.45, 7) is 14.2. The van der Waals surface area contributed by atoms with Crippen molar-refractivity contribution in [2.75, 3.05) is 57.3 Å². The number of unbranched alkanes of at least 4 members (excludes halogenated alkanes) is 30. The van der Waals surface area contributed by atoms with Gasteiger partial charge in [0.05, 0.1) is 30.7 Å². The van der Waals surface area contributed by atoms with Gasteiger partial charge in [-0.15, -0.1) is 0 Å². The fourth-order valence-electron chi connectivity index (χ4n) is 11.1. The van der Waals surface area contributed by atoms with Crippen LogP contribution < -0.4 is 10.6 Å². The molecule has 0 spiro atoms. The Morgan fingerprint density at radius 2 is 0.827 bits per heavy atom. The second-order valence-corrected chi connectivity index (χ2v) is 27.1. The van der Waals surface area contributed by atoms with Gasteiger partial charge < -0.3 is 35.6 Å². The molecular formula is C67H132N6O6S2. The molecule has 0 aliphatic heterocycles. The molecule has 1 aromatic heterocycles. The SMILES string of the molecule is CCCCCCCCCCCCC(O)CN(CCCCSSCCC(NC(=O)CCCCN(CC(O)CCCCCCCC)CC(O)CCCCCCCC)C(=O)NCCCn1ccnc1)CC(O)CCCCCCCCCCCC. The quantitative estimate of drug-likeness (QED) is 0.0272. The lowest BCUT2D eigenvalue weighted by molar-refractivity contribution is -0.129. The summed E-state index contributed by atoms with van der Waals surface area (Å²) in [5, 5.41) is 50.6. The van der Waals surface area contributed by atoms with Gasteiger partial charge in [0, 0.05) is 69.6 Å². The topological polar surface area (TPSA) is 163 Å². The predicted octanol–water partition coefficient (Wildman–Crippen LogP) is 15.8. The first-order valence-corrected chi connectivity index (χ1v) is 37.0. The number of rotatable bonds is 64. The number of aryl methyl sites for hydroxylation is 1. The van der Waals surface area contributed by atoms with Crippen LogP contribution in [-0.2, 0) is 16.1 Å². The molecule has 0 saturated carbocycles. The summed E-state index contributed by atoms with van der Waals surface area (Å²) in [5.41, 5.74) is 0. The second-order valence-electron chi connectivity index (χ2n) is 24.4. The first-order valence-electron chi connectivity index (χ1n) is 34.6. The van der Waals surface area contributed by atoms with Crippen LogP contribution >= 0.6 is 21.6 Å². The molecule has 0 aromatic carbocycles. The van der Waals surface area contributed by atoms with E-state index in [4.69, 9.17) is 0 Å². The molecule has 1 heterocycles. The van der Waals surface area contributed by atoms with E-state index in [0.717, 1.165) is 114 Å². The third-order valence-corrected chi connectivity index (χ3v) is 18.7. The molecular weight excluding hydrogens is 1050 g/mol. The maximum absolute atomic E-state index is 13.6. The van der Waals surface area contributed by atoms with Gasteiger partial charge in [0.1, 0.15) is 6.04 Å². The zero-order chi connectivity index (χ0) is 58.9. The van der Waals surface area contributed by atoms with Gasteiger partial charge >= 0.3 is 0 Å². The summed E-state index contributed by atoms with van der Waals surface area (Å²) in [5.74, 6) is 1.45. The van der Waals surface area contributed by atoms with Crippen molar-refractivity contribution in [3.63, 3.8) is 0 Å². The average Bonchev–Trinajstić information content (AvgIpc) is 3.98. The van der Waals surface area contributed by atoms with Crippen LogP contribution in [0, 0.1) is 0 Å². The summed E-state index contributed by atoms with van der Waals surface area (Å²) in [6, 6.07) is -0.614. The Hall–Kier alpha value is -1.39. The number of nitrogens with zero attached hydrogens (tertiary/aromatic N) is 4. The molecule has 1 rings (SSSR count). The summed E-state index contributed by atoms with van der Waals surface area (Å²) < 4.78 is 2.00. The van der Waals surface area contributed by atoms with Gasteiger partial charge in [0.15, 0.2) is 0 Å². The first-order chi connectivity index (χ1) is 39.6. The van der Waals surface area contributed by atoms with E-state index in [1.165, 1.54) is 167 Å². The number of nitrogens with one attached hydrogen (secondary N) is 2. The Morgan fingerprint density at radius 1 is 0.457 bits per heavy atom. The van der Waals surface area contributed by atoms with Crippen LogP contribution in [0.4, 0.5) is 0 Å². The molecule has 81 heavy (non-hydrogen) atoms. The van der Waals surface area contributed by atoms with E-state index in [-0.39, 0.29) is 24.0 Å². The zero-order valence-corrected chi connectivity index (χ0v) is 54.9. The number of hydrogen-bond donors (Lipinski definition) is 6. The Balaban J connectivity index is 2.72. The Bertz CT molecular complexity index is 1410. The van der Waals surface area contributed by atoms with Crippen LogP contribution in [0.3, 0.4) is 0 Å². The minimum Gasteiger partial charge on any atom is -0.392 e. The number of aliphatic hydroxyl groups excluding tert-OH is 4. The van der Waals surface area contributed by atoms with Crippen molar-refractivity contribution < 1.29 is 30.0 Å². The van der Waals surface area contributed by atoms with Crippen LogP contribution in [-0.4, -0.2) is 139 Å². The van der Waals surface area contributed by atoms with E-state index in [1.807, 2.05) is 21.6 Å². The van der Waals surface area contributed by atoms with Crippen molar-refractivity contribution in [2.24, 2.45) is 0 Å². The highest BCUT2D eigenvalue weighted by atomic mass is 33.1. The monoisotopic (exact) mass is 1180 g/mol. The summed E-state index contributed by atoms with van der Waals surface area (Å²) in [6.07, 6.45) is 52.2. The molecule has 12 nitrogen and oxygen atoms in total. The lowest BCUT2D eigenvalue weighted by Gasteiger charge is -2.27. The van der Waals surface area contributed by atoms with Crippen molar-refractivity contribution in [1.82, 2.24) is 30.0 Å². The van der Waals surface area contributed by atoms with E-state index < -0.39 is 18.2 Å². The molecule has 0 fully saturated rings. The Labute approximate surface area is 507 Å². The molecule has 478 valence electrons. The van der Waals surface area contributed by atoms with Gasteiger partial charge in [-0.1, -0.05) is 255 Å². The molecule has 0 aliphatic carbocycles. The molecule has 0 saturated heterocycles. The average molecular weight is 1180 g/mol. The number of carbonyl (C=O) groups is 2. The Morgan fingerprint density at radius 3 is 1.21 bits per heavy atom. The second kappa shape index (κ2) is 59.0. The minimum absolute atomic E-state index is 0.115. The largest absolute Gasteiger partial charge is 0.392 e. The van der Waals surface area contributed by atoms with E-state index in [9.17, 15) is 30.0 Å². The summed E-state index contributed by atoms with van der Waals surface area (Å²) in [7, 11) is 3.58. The highest BCUT2D eigenvalue weighted by Gasteiger charge is 2.22. The third-order valence-electron chi connectivity index (χ3n) is 16.2. The van der Waals surface area contributed by atoms with Crippen molar-refractivity contribution in [1.29, 1.82) is 0 Å². The number of amides is 2. The van der Waals surface area contributed by atoms with E-state index in [1.54, 1.807) is 23.3 Å².